The molecule has 0 amide bonds. The molecule has 0 aliphatic carbocycles. The number of nitrogens with one attached hydrogen (secondary N) is 3. The lowest BCUT2D eigenvalue weighted by molar-refractivity contribution is -0.137. The summed E-state index contributed by atoms with van der Waals surface area (Å²) in [5.41, 5.74) is -0.489. The number of hydrogen-bond donors (Lipinski definition) is 3. The predicted molar refractivity (Wildman–Crippen MR) is 90.9 cm³/mol. The van der Waals surface area contributed by atoms with Gasteiger partial charge in [-0.2, -0.15) is 13.2 Å². The Balaban J connectivity index is 1.90. The maximum atomic E-state index is 13.4. The molecule has 1 aromatic carbocycles. The largest absolute Gasteiger partial charge is 0.434 e. The quantitative estimate of drug-likeness (QED) is 0.770. The maximum Gasteiger partial charge on any atom is 0.434 e. The molecule has 6 nitrogen and oxygen atoms in total. The number of aromatic nitrogens is 2. The smallest absolute Gasteiger partial charge is 0.388 e. The van der Waals surface area contributed by atoms with E-state index in [-0.39, 0.29) is 23.5 Å². The van der Waals surface area contributed by atoms with Gasteiger partial charge in [0, 0.05) is 17.3 Å². The van der Waals surface area contributed by atoms with Gasteiger partial charge in [-0.05, 0) is 63.4 Å². The van der Waals surface area contributed by atoms with Crippen LogP contribution in [0.25, 0.3) is 11.5 Å². The Morgan fingerprint density at radius 2 is 2.12 bits per heavy atom. The lowest BCUT2D eigenvalue weighted by Gasteiger charge is -2.26. The first kappa shape index (κ1) is 18.5. The lowest BCUT2D eigenvalue weighted by Crippen LogP contribution is -2.28. The van der Waals surface area contributed by atoms with E-state index in [9.17, 15) is 18.0 Å². The molecule has 0 spiro atoms. The number of benzene rings is 1. The molecule has 1 aliphatic rings. The summed E-state index contributed by atoms with van der Waals surface area (Å²) >= 11 is 0. The summed E-state index contributed by atoms with van der Waals surface area (Å²) in [6.45, 7) is 3.70. The van der Waals surface area contributed by atoms with Crippen LogP contribution in [-0.4, -0.2) is 29.3 Å². The molecule has 3 rings (SSSR count). The molecule has 2 unspecified atom stereocenters. The Morgan fingerprint density at radius 1 is 1.31 bits per heavy atom. The standard InChI is InChI=1S/C17H21F3N4O2/c1-10(11-3-2-7-21-8-6-11)22-14-9-12(15-23-24-16(25)26-15)4-5-13(14)17(18,19)20/h4-5,9-11,21-22H,2-3,6-8H2,1H3,(H,24,25). The Morgan fingerprint density at radius 3 is 2.81 bits per heavy atom. The second-order valence-corrected chi connectivity index (χ2v) is 6.55. The van der Waals surface area contributed by atoms with Crippen LogP contribution in [-0.2, 0) is 6.18 Å². The van der Waals surface area contributed by atoms with E-state index in [0.29, 0.717) is 5.56 Å². The molecule has 2 heterocycles. The van der Waals surface area contributed by atoms with E-state index in [1.165, 1.54) is 12.1 Å². The van der Waals surface area contributed by atoms with Gasteiger partial charge >= 0.3 is 11.9 Å². The van der Waals surface area contributed by atoms with Crippen molar-refractivity contribution in [3.05, 3.63) is 34.3 Å². The molecule has 2 aromatic rings. The summed E-state index contributed by atoms with van der Waals surface area (Å²) in [6, 6.07) is 3.42. The minimum Gasteiger partial charge on any atom is -0.388 e. The number of aromatic amines is 1. The van der Waals surface area contributed by atoms with E-state index < -0.39 is 17.5 Å². The first-order chi connectivity index (χ1) is 12.3. The first-order valence-electron chi connectivity index (χ1n) is 8.59. The Hall–Kier alpha value is -2.29. The van der Waals surface area contributed by atoms with E-state index in [1.54, 1.807) is 0 Å². The SMILES string of the molecule is CC(Nc1cc(-c2n[nH]c(=O)o2)ccc1C(F)(F)F)C1CCCNCC1. The molecule has 1 saturated heterocycles. The number of halogens is 3. The Labute approximate surface area is 148 Å². The molecule has 0 radical (unpaired) electrons. The van der Waals surface area contributed by atoms with E-state index >= 15 is 0 Å². The molecule has 1 fully saturated rings. The van der Waals surface area contributed by atoms with Crippen LogP contribution in [0, 0.1) is 5.92 Å². The van der Waals surface area contributed by atoms with Crippen molar-refractivity contribution in [2.75, 3.05) is 18.4 Å². The van der Waals surface area contributed by atoms with Crippen molar-refractivity contribution in [1.29, 1.82) is 0 Å². The summed E-state index contributed by atoms with van der Waals surface area (Å²) in [7, 11) is 0. The molecular weight excluding hydrogens is 349 g/mol. The highest BCUT2D eigenvalue weighted by molar-refractivity contribution is 5.65. The molecule has 0 saturated carbocycles. The van der Waals surface area contributed by atoms with Crippen molar-refractivity contribution in [2.45, 2.75) is 38.4 Å². The van der Waals surface area contributed by atoms with Gasteiger partial charge in [-0.25, -0.2) is 9.89 Å². The van der Waals surface area contributed by atoms with E-state index in [2.05, 4.69) is 20.8 Å². The summed E-state index contributed by atoms with van der Waals surface area (Å²) in [4.78, 5) is 11.1. The minimum atomic E-state index is -4.49. The van der Waals surface area contributed by atoms with Crippen molar-refractivity contribution in [3.63, 3.8) is 0 Å². The van der Waals surface area contributed by atoms with Crippen LogP contribution in [0.2, 0.25) is 0 Å². The van der Waals surface area contributed by atoms with Crippen molar-refractivity contribution in [3.8, 4) is 11.5 Å². The second-order valence-electron chi connectivity index (χ2n) is 6.55. The van der Waals surface area contributed by atoms with Gasteiger partial charge in [0.05, 0.1) is 5.56 Å². The van der Waals surface area contributed by atoms with Gasteiger partial charge in [0.25, 0.3) is 0 Å². The van der Waals surface area contributed by atoms with Crippen LogP contribution in [0.1, 0.15) is 31.7 Å². The number of rotatable bonds is 4. The first-order valence-corrected chi connectivity index (χ1v) is 8.59. The van der Waals surface area contributed by atoms with Gasteiger partial charge in [0.15, 0.2) is 0 Å². The number of alkyl halides is 3. The van der Waals surface area contributed by atoms with Crippen LogP contribution in [0.15, 0.2) is 27.4 Å². The molecular formula is C17H21F3N4O2. The van der Waals surface area contributed by atoms with E-state index in [1.807, 2.05) is 6.92 Å². The normalized spacial score (nSPS) is 19.8. The molecule has 26 heavy (non-hydrogen) atoms. The molecule has 1 aromatic heterocycles. The number of hydrogen-bond acceptors (Lipinski definition) is 5. The third kappa shape index (κ3) is 4.27. The highest BCUT2D eigenvalue weighted by Gasteiger charge is 2.34. The summed E-state index contributed by atoms with van der Waals surface area (Å²) in [5, 5.41) is 12.1. The zero-order valence-corrected chi connectivity index (χ0v) is 14.3. The van der Waals surface area contributed by atoms with Crippen molar-refractivity contribution < 1.29 is 17.6 Å². The average molecular weight is 370 g/mol. The van der Waals surface area contributed by atoms with Gasteiger partial charge in [-0.3, -0.25) is 0 Å². The van der Waals surface area contributed by atoms with Crippen molar-refractivity contribution in [1.82, 2.24) is 15.5 Å². The topological polar surface area (TPSA) is 83.0 Å². The Bertz CT molecular complexity index is 792. The van der Waals surface area contributed by atoms with Crippen LogP contribution < -0.4 is 16.4 Å². The fraction of sp³-hybridized carbons (Fsp3) is 0.529. The van der Waals surface area contributed by atoms with E-state index in [4.69, 9.17) is 4.42 Å². The zero-order valence-electron chi connectivity index (χ0n) is 14.3. The highest BCUT2D eigenvalue weighted by Crippen LogP contribution is 2.37. The molecule has 2 atom stereocenters. The lowest BCUT2D eigenvalue weighted by atomic mass is 9.92. The van der Waals surface area contributed by atoms with E-state index in [0.717, 1.165) is 38.4 Å². The summed E-state index contributed by atoms with van der Waals surface area (Å²) in [5.74, 6) is -0.523. The van der Waals surface area contributed by atoms with Gasteiger partial charge in [-0.15, -0.1) is 5.10 Å². The zero-order chi connectivity index (χ0) is 18.7. The minimum absolute atomic E-state index is 0.0367. The van der Waals surface area contributed by atoms with Gasteiger partial charge in [0.2, 0.25) is 5.89 Å². The van der Waals surface area contributed by atoms with Crippen LogP contribution >= 0.6 is 0 Å². The molecule has 9 heteroatoms. The molecule has 142 valence electrons. The van der Waals surface area contributed by atoms with Crippen molar-refractivity contribution >= 4 is 5.69 Å². The fourth-order valence-corrected chi connectivity index (χ4v) is 3.31. The summed E-state index contributed by atoms with van der Waals surface area (Å²) in [6.07, 6.45) is -1.63. The molecule has 1 aliphatic heterocycles. The number of H-pyrrole nitrogens is 1. The Kier molecular flexibility index (Phi) is 5.36. The third-order valence-corrected chi connectivity index (χ3v) is 4.72. The van der Waals surface area contributed by atoms with Crippen LogP contribution in [0.3, 0.4) is 0 Å². The van der Waals surface area contributed by atoms with Gasteiger partial charge in [-0.1, -0.05) is 0 Å². The third-order valence-electron chi connectivity index (χ3n) is 4.72. The second kappa shape index (κ2) is 7.53. The fourth-order valence-electron chi connectivity index (χ4n) is 3.31. The van der Waals surface area contributed by atoms with Crippen molar-refractivity contribution in [2.24, 2.45) is 5.92 Å². The summed E-state index contributed by atoms with van der Waals surface area (Å²) < 4.78 is 45.0. The monoisotopic (exact) mass is 370 g/mol. The average Bonchev–Trinajstić information content (AvgIpc) is 2.83. The van der Waals surface area contributed by atoms with Crippen LogP contribution in [0.5, 0.6) is 0 Å². The number of nitrogens with zero attached hydrogens (tertiary/aromatic N) is 1. The molecule has 0 bridgehead atoms. The number of anilines is 1. The predicted octanol–water partition coefficient (Wildman–Crippen LogP) is 3.24. The highest BCUT2D eigenvalue weighted by atomic mass is 19.4. The van der Waals surface area contributed by atoms with Gasteiger partial charge < -0.3 is 15.1 Å². The van der Waals surface area contributed by atoms with Crippen LogP contribution in [0.4, 0.5) is 18.9 Å². The maximum absolute atomic E-state index is 13.4. The van der Waals surface area contributed by atoms with Gasteiger partial charge in [0.1, 0.15) is 0 Å². The molecule has 3 N–H and O–H groups in total.